The summed E-state index contributed by atoms with van der Waals surface area (Å²) in [6.07, 6.45) is 34.2. The standard InChI is InChI=1S/C48H92O10/c1-3-5-7-9-11-13-14-15-16-17-18-19-20-21-22-23-24-25-26-27-29-31-33-35-37-44(51)57-41(40-56-48-47(54)46(53)45(52)42(38-49)58-48)39-55-43(50)36-34-32-30-28-12-10-8-6-4-2/h41-42,45-49,52-54H,3-40H2,1-2H3. The Labute approximate surface area is 355 Å². The number of hydrogen-bond donors (Lipinski definition) is 4. The van der Waals surface area contributed by atoms with Gasteiger partial charge in [-0.1, -0.05) is 213 Å². The van der Waals surface area contributed by atoms with E-state index < -0.39 is 49.4 Å². The van der Waals surface area contributed by atoms with Crippen molar-refractivity contribution < 1.29 is 49.0 Å². The zero-order valence-corrected chi connectivity index (χ0v) is 37.6. The van der Waals surface area contributed by atoms with E-state index in [1.165, 1.54) is 173 Å². The van der Waals surface area contributed by atoms with Crippen LogP contribution in [0.4, 0.5) is 0 Å². The van der Waals surface area contributed by atoms with Crippen molar-refractivity contribution in [3.8, 4) is 0 Å². The number of aliphatic hydroxyl groups is 4. The molecule has 0 aliphatic carbocycles. The summed E-state index contributed by atoms with van der Waals surface area (Å²) in [6, 6.07) is 0. The van der Waals surface area contributed by atoms with Crippen LogP contribution in [-0.2, 0) is 28.5 Å². The number of carbonyl (C=O) groups excluding carboxylic acids is 2. The molecule has 1 fully saturated rings. The first-order valence-electron chi connectivity index (χ1n) is 24.6. The molecule has 10 heteroatoms. The van der Waals surface area contributed by atoms with E-state index in [1.54, 1.807) is 0 Å². The van der Waals surface area contributed by atoms with Crippen LogP contribution in [0.1, 0.15) is 239 Å². The van der Waals surface area contributed by atoms with Gasteiger partial charge >= 0.3 is 11.9 Å². The fourth-order valence-corrected chi connectivity index (χ4v) is 7.84. The highest BCUT2D eigenvalue weighted by Crippen LogP contribution is 2.23. The molecule has 0 spiro atoms. The van der Waals surface area contributed by atoms with Gasteiger partial charge in [0.25, 0.3) is 0 Å². The molecule has 1 aliphatic rings. The van der Waals surface area contributed by atoms with E-state index in [-0.39, 0.29) is 32.0 Å². The average molecular weight is 829 g/mol. The van der Waals surface area contributed by atoms with Crippen LogP contribution in [0.5, 0.6) is 0 Å². The van der Waals surface area contributed by atoms with Gasteiger partial charge in [-0.3, -0.25) is 9.59 Å². The molecule has 0 saturated carbocycles. The summed E-state index contributed by atoms with van der Waals surface area (Å²) in [6.45, 7) is 3.44. The summed E-state index contributed by atoms with van der Waals surface area (Å²) < 4.78 is 22.2. The number of carbonyl (C=O) groups is 2. The third kappa shape index (κ3) is 30.7. The normalized spacial score (nSPS) is 20.0. The molecule has 4 N–H and O–H groups in total. The summed E-state index contributed by atoms with van der Waals surface area (Å²) in [5.41, 5.74) is 0. The molecule has 1 saturated heterocycles. The number of aliphatic hydroxyl groups excluding tert-OH is 4. The third-order valence-corrected chi connectivity index (χ3v) is 11.7. The molecule has 6 atom stereocenters. The van der Waals surface area contributed by atoms with Gasteiger partial charge in [-0.15, -0.1) is 0 Å². The predicted molar refractivity (Wildman–Crippen MR) is 234 cm³/mol. The first kappa shape index (κ1) is 54.7. The minimum Gasteiger partial charge on any atom is -0.462 e. The molecule has 1 heterocycles. The van der Waals surface area contributed by atoms with Gasteiger partial charge in [-0.25, -0.2) is 0 Å². The van der Waals surface area contributed by atoms with Crippen molar-refractivity contribution >= 4 is 11.9 Å². The van der Waals surface area contributed by atoms with Crippen molar-refractivity contribution in [2.75, 3.05) is 19.8 Å². The average Bonchev–Trinajstić information content (AvgIpc) is 3.22. The lowest BCUT2D eigenvalue weighted by molar-refractivity contribution is -0.305. The van der Waals surface area contributed by atoms with Gasteiger partial charge in [0.2, 0.25) is 0 Å². The van der Waals surface area contributed by atoms with Crippen molar-refractivity contribution in [1.29, 1.82) is 0 Å². The number of ether oxygens (including phenoxy) is 4. The van der Waals surface area contributed by atoms with Crippen LogP contribution in [0.2, 0.25) is 0 Å². The zero-order valence-electron chi connectivity index (χ0n) is 37.6. The molecule has 58 heavy (non-hydrogen) atoms. The minimum atomic E-state index is -1.59. The predicted octanol–water partition coefficient (Wildman–Crippen LogP) is 11.0. The molecule has 1 rings (SSSR count). The SMILES string of the molecule is CCCCCCCCCCCCCCCCCCCCCCCCCCC(=O)OC(COC(=O)CCCCCCCCCCC)COC1OC(CO)C(O)C(O)C1O. The lowest BCUT2D eigenvalue weighted by atomic mass is 9.99. The Morgan fingerprint density at radius 1 is 0.466 bits per heavy atom. The van der Waals surface area contributed by atoms with Crippen LogP contribution in [0.15, 0.2) is 0 Å². The van der Waals surface area contributed by atoms with Crippen molar-refractivity contribution in [1.82, 2.24) is 0 Å². The number of rotatable bonds is 42. The Hall–Kier alpha value is -1.30. The summed E-state index contributed by atoms with van der Waals surface area (Å²) in [4.78, 5) is 25.3. The van der Waals surface area contributed by atoms with E-state index in [1.807, 2.05) is 0 Å². The van der Waals surface area contributed by atoms with Crippen LogP contribution in [-0.4, -0.2) is 89.0 Å². The summed E-state index contributed by atoms with van der Waals surface area (Å²) in [5, 5.41) is 40.1. The number of esters is 2. The summed E-state index contributed by atoms with van der Waals surface area (Å²) >= 11 is 0. The summed E-state index contributed by atoms with van der Waals surface area (Å²) in [5.74, 6) is -0.793. The maximum absolute atomic E-state index is 12.8. The second kappa shape index (κ2) is 39.8. The van der Waals surface area contributed by atoms with Gasteiger partial charge in [0.15, 0.2) is 12.4 Å². The van der Waals surface area contributed by atoms with Gasteiger partial charge < -0.3 is 39.4 Å². The number of unbranched alkanes of at least 4 members (excludes halogenated alkanes) is 31. The molecule has 0 bridgehead atoms. The molecule has 0 amide bonds. The first-order valence-corrected chi connectivity index (χ1v) is 24.6. The largest absolute Gasteiger partial charge is 0.462 e. The first-order chi connectivity index (χ1) is 28.3. The second-order valence-corrected chi connectivity index (χ2v) is 17.3. The smallest absolute Gasteiger partial charge is 0.306 e. The fourth-order valence-electron chi connectivity index (χ4n) is 7.84. The van der Waals surface area contributed by atoms with Gasteiger partial charge in [0, 0.05) is 12.8 Å². The topological polar surface area (TPSA) is 152 Å². The third-order valence-electron chi connectivity index (χ3n) is 11.7. The quantitative estimate of drug-likeness (QED) is 0.0346. The highest BCUT2D eigenvalue weighted by molar-refractivity contribution is 5.70. The minimum absolute atomic E-state index is 0.209. The molecule has 0 aromatic heterocycles. The van der Waals surface area contributed by atoms with Crippen LogP contribution in [0.25, 0.3) is 0 Å². The molecule has 344 valence electrons. The van der Waals surface area contributed by atoms with Crippen molar-refractivity contribution in [3.63, 3.8) is 0 Å². The lowest BCUT2D eigenvalue weighted by Crippen LogP contribution is -2.59. The van der Waals surface area contributed by atoms with Gasteiger partial charge in [-0.2, -0.15) is 0 Å². The molecule has 1 aliphatic heterocycles. The number of hydrogen-bond acceptors (Lipinski definition) is 10. The molecular formula is C48H92O10. The Kier molecular flexibility index (Phi) is 37.6. The van der Waals surface area contributed by atoms with Crippen LogP contribution in [0, 0.1) is 0 Å². The summed E-state index contributed by atoms with van der Waals surface area (Å²) in [7, 11) is 0. The van der Waals surface area contributed by atoms with E-state index in [0.717, 1.165) is 32.1 Å². The van der Waals surface area contributed by atoms with E-state index in [2.05, 4.69) is 13.8 Å². The molecule has 0 aromatic carbocycles. The maximum atomic E-state index is 12.8. The van der Waals surface area contributed by atoms with Gasteiger partial charge in [0.1, 0.15) is 31.0 Å². The fraction of sp³-hybridized carbons (Fsp3) is 0.958. The molecule has 10 nitrogen and oxygen atoms in total. The van der Waals surface area contributed by atoms with Gasteiger partial charge in [0.05, 0.1) is 13.2 Å². The van der Waals surface area contributed by atoms with Crippen LogP contribution in [0.3, 0.4) is 0 Å². The molecular weight excluding hydrogens is 737 g/mol. The Morgan fingerprint density at radius 3 is 1.17 bits per heavy atom. The van der Waals surface area contributed by atoms with Crippen molar-refractivity contribution in [3.05, 3.63) is 0 Å². The highest BCUT2D eigenvalue weighted by atomic mass is 16.7. The Morgan fingerprint density at radius 2 is 0.810 bits per heavy atom. The molecule has 0 aromatic rings. The van der Waals surface area contributed by atoms with Crippen LogP contribution < -0.4 is 0 Å². The molecule has 0 radical (unpaired) electrons. The van der Waals surface area contributed by atoms with E-state index in [4.69, 9.17) is 18.9 Å². The maximum Gasteiger partial charge on any atom is 0.306 e. The zero-order chi connectivity index (χ0) is 42.3. The molecule has 6 unspecified atom stereocenters. The monoisotopic (exact) mass is 829 g/mol. The lowest BCUT2D eigenvalue weighted by Gasteiger charge is -2.39. The van der Waals surface area contributed by atoms with Crippen LogP contribution >= 0.6 is 0 Å². The highest BCUT2D eigenvalue weighted by Gasteiger charge is 2.44. The Bertz CT molecular complexity index is 917. The second-order valence-electron chi connectivity index (χ2n) is 17.3. The van der Waals surface area contributed by atoms with Crippen molar-refractivity contribution in [2.45, 2.75) is 275 Å². The van der Waals surface area contributed by atoms with E-state index >= 15 is 0 Å². The Balaban J connectivity index is 2.18. The van der Waals surface area contributed by atoms with Gasteiger partial charge in [-0.05, 0) is 12.8 Å². The van der Waals surface area contributed by atoms with E-state index in [9.17, 15) is 30.0 Å². The van der Waals surface area contributed by atoms with E-state index in [0.29, 0.717) is 6.42 Å². The van der Waals surface area contributed by atoms with Crippen molar-refractivity contribution in [2.24, 2.45) is 0 Å².